The topological polar surface area (TPSA) is 70.8 Å². The Morgan fingerprint density at radius 2 is 2.03 bits per heavy atom. The first kappa shape index (κ1) is 18.8. The highest BCUT2D eigenvalue weighted by Crippen LogP contribution is 2.32. The Morgan fingerprint density at radius 1 is 1.13 bits per heavy atom. The lowest BCUT2D eigenvalue weighted by Gasteiger charge is -2.32. The summed E-state index contributed by atoms with van der Waals surface area (Å²) >= 11 is 0. The van der Waals surface area contributed by atoms with E-state index in [1.165, 1.54) is 16.8 Å². The van der Waals surface area contributed by atoms with E-state index in [1.54, 1.807) is 6.33 Å². The summed E-state index contributed by atoms with van der Waals surface area (Å²) in [4.78, 5) is 15.0. The Kier molecular flexibility index (Phi) is 5.15. The maximum atomic E-state index is 5.74. The SMILES string of the molecule is Cc1cccc(-c2noc([C@@H]3Cc4nc[nH]c4CN3CCCc3ccccc3)n2)c1. The van der Waals surface area contributed by atoms with E-state index in [-0.39, 0.29) is 6.04 Å². The maximum Gasteiger partial charge on any atom is 0.244 e. The number of aryl methyl sites for hydroxylation is 2. The normalized spacial score (nSPS) is 16.5. The highest BCUT2D eigenvalue weighted by Gasteiger charge is 2.32. The van der Waals surface area contributed by atoms with Crippen molar-refractivity contribution in [3.63, 3.8) is 0 Å². The maximum absolute atomic E-state index is 5.74. The van der Waals surface area contributed by atoms with Crippen molar-refractivity contribution >= 4 is 0 Å². The Hall–Kier alpha value is -3.25. The number of imidazole rings is 1. The third kappa shape index (κ3) is 3.91. The predicted octanol–water partition coefficient (Wildman–Crippen LogP) is 4.50. The summed E-state index contributed by atoms with van der Waals surface area (Å²) in [5, 5.41) is 4.27. The Morgan fingerprint density at radius 3 is 2.90 bits per heavy atom. The number of H-pyrrole nitrogens is 1. The first-order valence-corrected chi connectivity index (χ1v) is 10.5. The molecule has 1 aliphatic rings. The summed E-state index contributed by atoms with van der Waals surface area (Å²) in [5.74, 6) is 1.31. The zero-order valence-electron chi connectivity index (χ0n) is 17.1. The fraction of sp³-hybridized carbons (Fsp3) is 0.292. The number of rotatable bonds is 6. The molecule has 1 N–H and O–H groups in total. The number of nitrogens with zero attached hydrogens (tertiary/aromatic N) is 4. The molecule has 30 heavy (non-hydrogen) atoms. The van der Waals surface area contributed by atoms with Gasteiger partial charge in [0.1, 0.15) is 0 Å². The van der Waals surface area contributed by atoms with Gasteiger partial charge in [0.25, 0.3) is 0 Å². The van der Waals surface area contributed by atoms with Crippen LogP contribution in [0.25, 0.3) is 11.4 Å². The minimum absolute atomic E-state index is 0.0441. The molecule has 1 atom stereocenters. The van der Waals surface area contributed by atoms with Crippen LogP contribution < -0.4 is 0 Å². The van der Waals surface area contributed by atoms with Gasteiger partial charge in [0.05, 0.1) is 23.8 Å². The van der Waals surface area contributed by atoms with E-state index >= 15 is 0 Å². The van der Waals surface area contributed by atoms with Gasteiger partial charge in [0.15, 0.2) is 0 Å². The summed E-state index contributed by atoms with van der Waals surface area (Å²) in [5.41, 5.74) is 5.81. The highest BCUT2D eigenvalue weighted by molar-refractivity contribution is 5.55. The average Bonchev–Trinajstić information content (AvgIpc) is 3.43. The van der Waals surface area contributed by atoms with E-state index in [2.05, 4.69) is 69.4 Å². The molecule has 6 nitrogen and oxygen atoms in total. The molecule has 2 aromatic heterocycles. The van der Waals surface area contributed by atoms with Gasteiger partial charge in [-0.05, 0) is 37.9 Å². The van der Waals surface area contributed by atoms with Crippen LogP contribution in [0.2, 0.25) is 0 Å². The van der Waals surface area contributed by atoms with E-state index in [0.717, 1.165) is 43.6 Å². The second kappa shape index (κ2) is 8.24. The molecule has 0 fully saturated rings. The van der Waals surface area contributed by atoms with Crippen LogP contribution in [0, 0.1) is 6.92 Å². The van der Waals surface area contributed by atoms with Gasteiger partial charge in [-0.2, -0.15) is 4.98 Å². The standard InChI is InChI=1S/C24H25N5O/c1-17-7-5-11-19(13-17)23-27-24(30-28-23)22-14-20-21(26-16-25-20)15-29(22)12-6-10-18-8-3-2-4-9-18/h2-5,7-9,11,13,16,22H,6,10,12,14-15H2,1H3,(H,25,26)/t22-/m0/s1. The van der Waals surface area contributed by atoms with Crippen molar-refractivity contribution in [2.75, 3.05) is 6.54 Å². The first-order chi connectivity index (χ1) is 14.8. The van der Waals surface area contributed by atoms with Crippen molar-refractivity contribution in [2.45, 2.75) is 38.8 Å². The fourth-order valence-electron chi connectivity index (χ4n) is 4.17. The molecular formula is C24H25N5O. The molecule has 1 aliphatic heterocycles. The van der Waals surface area contributed by atoms with Crippen molar-refractivity contribution < 1.29 is 4.52 Å². The minimum atomic E-state index is 0.0441. The van der Waals surface area contributed by atoms with Gasteiger partial charge in [-0.1, -0.05) is 59.3 Å². The number of hydrogen-bond donors (Lipinski definition) is 1. The molecule has 0 unspecified atom stereocenters. The summed E-state index contributed by atoms with van der Waals surface area (Å²) in [6, 6.07) is 18.9. The molecule has 5 rings (SSSR count). The Bertz CT molecular complexity index is 1120. The summed E-state index contributed by atoms with van der Waals surface area (Å²) < 4.78 is 5.74. The van der Waals surface area contributed by atoms with Gasteiger partial charge in [-0.15, -0.1) is 0 Å². The molecule has 0 amide bonds. The average molecular weight is 399 g/mol. The highest BCUT2D eigenvalue weighted by atomic mass is 16.5. The molecule has 4 aromatic rings. The number of fused-ring (bicyclic) bond motifs is 1. The monoisotopic (exact) mass is 399 g/mol. The van der Waals surface area contributed by atoms with Crippen molar-refractivity contribution in [3.05, 3.63) is 89.3 Å². The van der Waals surface area contributed by atoms with Gasteiger partial charge in [-0.3, -0.25) is 4.90 Å². The minimum Gasteiger partial charge on any atom is -0.347 e. The number of aromatic amines is 1. The molecule has 0 radical (unpaired) electrons. The second-order valence-electron chi connectivity index (χ2n) is 7.93. The third-order valence-corrected chi connectivity index (χ3v) is 5.75. The lowest BCUT2D eigenvalue weighted by molar-refractivity contribution is 0.134. The van der Waals surface area contributed by atoms with Crippen LogP contribution in [0.15, 0.2) is 65.4 Å². The van der Waals surface area contributed by atoms with Crippen molar-refractivity contribution in [2.24, 2.45) is 0 Å². The Labute approximate surface area is 176 Å². The Balaban J connectivity index is 1.36. The van der Waals surface area contributed by atoms with Crippen LogP contribution in [0.4, 0.5) is 0 Å². The fourth-order valence-corrected chi connectivity index (χ4v) is 4.17. The lowest BCUT2D eigenvalue weighted by atomic mass is 10.0. The van der Waals surface area contributed by atoms with Crippen LogP contribution >= 0.6 is 0 Å². The number of nitrogens with one attached hydrogen (secondary N) is 1. The molecule has 6 heteroatoms. The quantitative estimate of drug-likeness (QED) is 0.517. The molecule has 2 aromatic carbocycles. The summed E-state index contributed by atoms with van der Waals surface area (Å²) in [7, 11) is 0. The first-order valence-electron chi connectivity index (χ1n) is 10.5. The van der Waals surface area contributed by atoms with Crippen LogP contribution in [-0.4, -0.2) is 31.6 Å². The van der Waals surface area contributed by atoms with E-state index < -0.39 is 0 Å². The van der Waals surface area contributed by atoms with Gasteiger partial charge < -0.3 is 9.51 Å². The van der Waals surface area contributed by atoms with E-state index in [9.17, 15) is 0 Å². The lowest BCUT2D eigenvalue weighted by Crippen LogP contribution is -2.35. The van der Waals surface area contributed by atoms with Gasteiger partial charge in [-0.25, -0.2) is 4.98 Å². The smallest absolute Gasteiger partial charge is 0.244 e. The van der Waals surface area contributed by atoms with E-state index in [4.69, 9.17) is 9.51 Å². The van der Waals surface area contributed by atoms with Crippen LogP contribution in [0.1, 0.15) is 40.9 Å². The molecule has 0 aliphatic carbocycles. The zero-order valence-corrected chi connectivity index (χ0v) is 17.1. The number of aromatic nitrogens is 4. The summed E-state index contributed by atoms with van der Waals surface area (Å²) in [6.07, 6.45) is 4.68. The molecule has 0 bridgehead atoms. The largest absolute Gasteiger partial charge is 0.347 e. The van der Waals surface area contributed by atoms with Gasteiger partial charge in [0, 0.05) is 18.5 Å². The number of hydrogen-bond acceptors (Lipinski definition) is 5. The predicted molar refractivity (Wildman–Crippen MR) is 115 cm³/mol. The van der Waals surface area contributed by atoms with Crippen molar-refractivity contribution in [1.82, 2.24) is 25.0 Å². The zero-order chi connectivity index (χ0) is 20.3. The number of benzene rings is 2. The van der Waals surface area contributed by atoms with Crippen LogP contribution in [0.5, 0.6) is 0 Å². The van der Waals surface area contributed by atoms with Gasteiger partial charge in [0.2, 0.25) is 11.7 Å². The third-order valence-electron chi connectivity index (χ3n) is 5.75. The van der Waals surface area contributed by atoms with E-state index in [0.29, 0.717) is 11.7 Å². The van der Waals surface area contributed by atoms with Gasteiger partial charge >= 0.3 is 0 Å². The molecule has 152 valence electrons. The molecule has 0 saturated carbocycles. The van der Waals surface area contributed by atoms with Crippen molar-refractivity contribution in [1.29, 1.82) is 0 Å². The van der Waals surface area contributed by atoms with Crippen molar-refractivity contribution in [3.8, 4) is 11.4 Å². The second-order valence-corrected chi connectivity index (χ2v) is 7.93. The van der Waals surface area contributed by atoms with Crippen LogP contribution in [0.3, 0.4) is 0 Å². The molecule has 0 saturated heterocycles. The summed E-state index contributed by atoms with van der Waals surface area (Å²) in [6.45, 7) is 3.84. The molecule has 3 heterocycles. The van der Waals surface area contributed by atoms with E-state index in [1.807, 2.05) is 12.1 Å². The molecule has 0 spiro atoms. The van der Waals surface area contributed by atoms with Crippen LogP contribution in [-0.2, 0) is 19.4 Å². The molecular weight excluding hydrogens is 374 g/mol.